The van der Waals surface area contributed by atoms with Gasteiger partial charge in [-0.2, -0.15) is 0 Å². The second-order valence-corrected chi connectivity index (χ2v) is 8.88. The fraction of sp³-hybridized carbons (Fsp3) is 0.227. The van der Waals surface area contributed by atoms with Crippen LogP contribution in [-0.4, -0.2) is 33.8 Å². The summed E-state index contributed by atoms with van der Waals surface area (Å²) < 4.78 is 20.0. The minimum atomic E-state index is 0.553. The first-order valence-corrected chi connectivity index (χ1v) is 11.5. The van der Waals surface area contributed by atoms with Gasteiger partial charge in [0.25, 0.3) is 0 Å². The Hall–Kier alpha value is -3.04. The second kappa shape index (κ2) is 7.90. The van der Waals surface area contributed by atoms with E-state index in [1.54, 1.807) is 37.3 Å². The Balaban J connectivity index is 1.43. The van der Waals surface area contributed by atoms with Gasteiger partial charge in [0.05, 0.1) is 35.6 Å². The molecule has 158 valence electrons. The lowest BCUT2D eigenvalue weighted by molar-refractivity contribution is 0.355. The zero-order chi connectivity index (χ0) is 21.5. The van der Waals surface area contributed by atoms with Crippen molar-refractivity contribution in [3.05, 3.63) is 53.0 Å². The van der Waals surface area contributed by atoms with Crippen LogP contribution in [0.1, 0.15) is 17.3 Å². The van der Waals surface area contributed by atoms with Crippen LogP contribution in [0.4, 0.5) is 0 Å². The Labute approximate surface area is 187 Å². The van der Waals surface area contributed by atoms with Crippen molar-refractivity contribution < 1.29 is 13.9 Å². The van der Waals surface area contributed by atoms with E-state index in [0.29, 0.717) is 23.1 Å². The van der Waals surface area contributed by atoms with Gasteiger partial charge in [0, 0.05) is 11.3 Å². The van der Waals surface area contributed by atoms with Crippen molar-refractivity contribution in [2.45, 2.75) is 24.6 Å². The van der Waals surface area contributed by atoms with E-state index >= 15 is 0 Å². The van der Waals surface area contributed by atoms with E-state index in [1.165, 1.54) is 10.2 Å². The largest absolute Gasteiger partial charge is 0.493 e. The summed E-state index contributed by atoms with van der Waals surface area (Å²) in [6.45, 7) is 3.90. The maximum atomic E-state index is 5.94. The van der Waals surface area contributed by atoms with Crippen molar-refractivity contribution in [2.24, 2.45) is 0 Å². The van der Waals surface area contributed by atoms with Crippen molar-refractivity contribution in [1.29, 1.82) is 0 Å². The Morgan fingerprint density at radius 1 is 1.03 bits per heavy atom. The van der Waals surface area contributed by atoms with Gasteiger partial charge in [-0.25, -0.2) is 4.98 Å². The van der Waals surface area contributed by atoms with E-state index in [-0.39, 0.29) is 0 Å². The number of benzene rings is 1. The van der Waals surface area contributed by atoms with Gasteiger partial charge in [-0.15, -0.1) is 21.5 Å². The number of aryl methyl sites for hydroxylation is 2. The molecule has 0 spiro atoms. The van der Waals surface area contributed by atoms with Crippen molar-refractivity contribution in [3.8, 4) is 23.0 Å². The van der Waals surface area contributed by atoms with Crippen molar-refractivity contribution in [2.75, 3.05) is 14.2 Å². The highest BCUT2D eigenvalue weighted by Gasteiger charge is 2.17. The van der Waals surface area contributed by atoms with E-state index in [2.05, 4.69) is 32.1 Å². The molecule has 7 nitrogen and oxygen atoms in total. The van der Waals surface area contributed by atoms with Crippen LogP contribution >= 0.6 is 23.1 Å². The number of thiophene rings is 1. The highest BCUT2D eigenvalue weighted by atomic mass is 32.2. The van der Waals surface area contributed by atoms with Crippen LogP contribution < -0.4 is 9.47 Å². The first kappa shape index (κ1) is 19.9. The molecule has 0 saturated heterocycles. The lowest BCUT2D eigenvalue weighted by Crippen LogP contribution is -2.00. The molecule has 0 saturated carbocycles. The number of aromatic nitrogens is 4. The molecular formula is C22H20N4O3S2. The molecule has 5 rings (SSSR count). The zero-order valence-electron chi connectivity index (χ0n) is 17.5. The molecule has 0 bridgehead atoms. The normalized spacial score (nSPS) is 11.5. The highest BCUT2D eigenvalue weighted by molar-refractivity contribution is 7.98. The van der Waals surface area contributed by atoms with Gasteiger partial charge in [-0.3, -0.25) is 4.40 Å². The maximum Gasteiger partial charge on any atom is 0.226 e. The molecule has 31 heavy (non-hydrogen) atoms. The van der Waals surface area contributed by atoms with Crippen LogP contribution in [0.2, 0.25) is 0 Å². The number of ether oxygens (including phenoxy) is 2. The van der Waals surface area contributed by atoms with Crippen molar-refractivity contribution in [3.63, 3.8) is 0 Å². The van der Waals surface area contributed by atoms with Gasteiger partial charge in [-0.05, 0) is 49.6 Å². The molecule has 9 heteroatoms. The Kier molecular flexibility index (Phi) is 5.07. The molecular weight excluding hydrogens is 432 g/mol. The third-order valence-electron chi connectivity index (χ3n) is 5.12. The number of rotatable bonds is 6. The Bertz CT molecular complexity index is 1400. The summed E-state index contributed by atoms with van der Waals surface area (Å²) in [7, 11) is 3.22. The summed E-state index contributed by atoms with van der Waals surface area (Å²) in [6.07, 6.45) is 0. The standard InChI is InChI=1S/C22H20N4O3S2/c1-12-15(23-21(29-12)14-5-6-18(27-3)19(9-14)28-4)11-31-22-17-10-20-16(7-8-30-20)26(17)13(2)24-25-22/h5-10H,11H2,1-4H3. The number of nitrogens with zero attached hydrogens (tertiary/aromatic N) is 4. The van der Waals surface area contributed by atoms with Gasteiger partial charge in [0.1, 0.15) is 16.6 Å². The van der Waals surface area contributed by atoms with Crippen LogP contribution in [-0.2, 0) is 5.75 Å². The maximum absolute atomic E-state index is 5.94. The predicted octanol–water partition coefficient (Wildman–Crippen LogP) is 5.53. The molecule has 0 unspecified atom stereocenters. The first-order valence-electron chi connectivity index (χ1n) is 9.62. The van der Waals surface area contributed by atoms with E-state index in [0.717, 1.165) is 33.4 Å². The van der Waals surface area contributed by atoms with Gasteiger partial charge in [0.2, 0.25) is 5.89 Å². The predicted molar refractivity (Wildman–Crippen MR) is 122 cm³/mol. The highest BCUT2D eigenvalue weighted by Crippen LogP contribution is 2.35. The molecule has 0 N–H and O–H groups in total. The average molecular weight is 453 g/mol. The molecule has 4 aromatic heterocycles. The van der Waals surface area contributed by atoms with Gasteiger partial charge in [0.15, 0.2) is 11.5 Å². The van der Waals surface area contributed by atoms with Crippen LogP contribution in [0.25, 0.3) is 27.2 Å². The van der Waals surface area contributed by atoms with E-state index < -0.39 is 0 Å². The van der Waals surface area contributed by atoms with Crippen LogP contribution in [0.5, 0.6) is 11.5 Å². The summed E-state index contributed by atoms with van der Waals surface area (Å²) in [5.74, 6) is 4.15. The van der Waals surface area contributed by atoms with Crippen molar-refractivity contribution >= 4 is 38.8 Å². The molecule has 0 fully saturated rings. The third kappa shape index (κ3) is 3.43. The van der Waals surface area contributed by atoms with Crippen LogP contribution in [0.15, 0.2) is 45.2 Å². The smallest absolute Gasteiger partial charge is 0.226 e. The summed E-state index contributed by atoms with van der Waals surface area (Å²) in [5, 5.41) is 11.8. The first-order chi connectivity index (χ1) is 15.1. The summed E-state index contributed by atoms with van der Waals surface area (Å²) in [5.41, 5.74) is 3.95. The molecule has 0 aliphatic heterocycles. The molecule has 4 heterocycles. The van der Waals surface area contributed by atoms with Crippen LogP contribution in [0.3, 0.4) is 0 Å². The van der Waals surface area contributed by atoms with E-state index in [1.807, 2.05) is 32.0 Å². The van der Waals surface area contributed by atoms with Gasteiger partial charge >= 0.3 is 0 Å². The molecule has 5 aromatic rings. The number of oxazole rings is 1. The van der Waals surface area contributed by atoms with E-state index in [9.17, 15) is 0 Å². The quantitative estimate of drug-likeness (QED) is 0.314. The fourth-order valence-electron chi connectivity index (χ4n) is 3.54. The van der Waals surface area contributed by atoms with Crippen LogP contribution in [0, 0.1) is 13.8 Å². The molecule has 0 aliphatic rings. The number of fused-ring (bicyclic) bond motifs is 3. The average Bonchev–Trinajstić information content (AvgIpc) is 3.47. The molecule has 0 atom stereocenters. The SMILES string of the molecule is COc1ccc(-c2nc(CSc3nnc(C)n4c3cc3sccc34)c(C)o2)cc1OC. The third-order valence-corrected chi connectivity index (χ3v) is 6.96. The number of hydrogen-bond acceptors (Lipinski definition) is 8. The Morgan fingerprint density at radius 2 is 1.87 bits per heavy atom. The van der Waals surface area contributed by atoms with Gasteiger partial charge < -0.3 is 13.9 Å². The van der Waals surface area contributed by atoms with Crippen molar-refractivity contribution in [1.82, 2.24) is 19.6 Å². The summed E-state index contributed by atoms with van der Waals surface area (Å²) in [6, 6.07) is 9.91. The lowest BCUT2D eigenvalue weighted by atomic mass is 10.2. The monoisotopic (exact) mass is 452 g/mol. The minimum absolute atomic E-state index is 0.553. The molecule has 1 aromatic carbocycles. The zero-order valence-corrected chi connectivity index (χ0v) is 19.1. The number of thioether (sulfide) groups is 1. The summed E-state index contributed by atoms with van der Waals surface area (Å²) >= 11 is 3.33. The molecule has 0 amide bonds. The number of hydrogen-bond donors (Lipinski definition) is 0. The Morgan fingerprint density at radius 3 is 2.68 bits per heavy atom. The van der Waals surface area contributed by atoms with Gasteiger partial charge in [-0.1, -0.05) is 11.8 Å². The van der Waals surface area contributed by atoms with E-state index in [4.69, 9.17) is 18.9 Å². The number of methoxy groups -OCH3 is 2. The second-order valence-electron chi connectivity index (χ2n) is 6.97. The topological polar surface area (TPSA) is 74.7 Å². The lowest BCUT2D eigenvalue weighted by Gasteiger charge is -2.07. The molecule has 0 aliphatic carbocycles. The fourth-order valence-corrected chi connectivity index (χ4v) is 5.28. The molecule has 0 radical (unpaired) electrons. The summed E-state index contributed by atoms with van der Waals surface area (Å²) in [4.78, 5) is 4.72. The minimum Gasteiger partial charge on any atom is -0.493 e.